The van der Waals surface area contributed by atoms with E-state index in [2.05, 4.69) is 15.9 Å². The first kappa shape index (κ1) is 16.1. The second-order valence-electron chi connectivity index (χ2n) is 5.03. The van der Waals surface area contributed by atoms with Crippen molar-refractivity contribution < 1.29 is 19.0 Å². The fourth-order valence-corrected chi connectivity index (χ4v) is 2.73. The average Bonchev–Trinajstić information content (AvgIpc) is 2.48. The van der Waals surface area contributed by atoms with Gasteiger partial charge in [0.15, 0.2) is 0 Å². The molecule has 0 aliphatic rings. The van der Waals surface area contributed by atoms with Crippen molar-refractivity contribution in [2.24, 2.45) is 0 Å². The van der Waals surface area contributed by atoms with E-state index in [1.54, 1.807) is 18.2 Å². The number of aliphatic hydroxyl groups is 2. The molecule has 5 heteroatoms. The number of benzene rings is 2. The number of halogens is 3. The van der Waals surface area contributed by atoms with Crippen LogP contribution in [-0.4, -0.2) is 23.4 Å². The summed E-state index contributed by atoms with van der Waals surface area (Å²) in [5.74, 6) is -0.817. The van der Waals surface area contributed by atoms with Crippen molar-refractivity contribution in [2.45, 2.75) is 11.8 Å². The number of hydrogen-bond donors (Lipinski definition) is 2. The van der Waals surface area contributed by atoms with Gasteiger partial charge in [0.25, 0.3) is 0 Å². The zero-order valence-corrected chi connectivity index (χ0v) is 12.8. The molecule has 2 N–H and O–H groups in total. The van der Waals surface area contributed by atoms with E-state index in [9.17, 15) is 19.0 Å². The van der Waals surface area contributed by atoms with Crippen molar-refractivity contribution in [1.29, 1.82) is 0 Å². The summed E-state index contributed by atoms with van der Waals surface area (Å²) in [6, 6.07) is 10.3. The maximum Gasteiger partial charge on any atom is 0.137 e. The van der Waals surface area contributed by atoms with Crippen LogP contribution in [0.25, 0.3) is 0 Å². The van der Waals surface area contributed by atoms with Gasteiger partial charge in [0, 0.05) is 5.41 Å². The first-order valence-corrected chi connectivity index (χ1v) is 7.22. The van der Waals surface area contributed by atoms with Crippen LogP contribution < -0.4 is 0 Å². The third-order valence-corrected chi connectivity index (χ3v) is 4.18. The Morgan fingerprint density at radius 1 is 1.00 bits per heavy atom. The molecule has 112 valence electrons. The molecule has 0 saturated carbocycles. The minimum absolute atomic E-state index is 0.266. The highest BCUT2D eigenvalue weighted by Crippen LogP contribution is 2.30. The first-order chi connectivity index (χ1) is 10.0. The highest BCUT2D eigenvalue weighted by molar-refractivity contribution is 9.10. The summed E-state index contributed by atoms with van der Waals surface area (Å²) in [7, 11) is 0. The molecule has 0 aliphatic heterocycles. The van der Waals surface area contributed by atoms with Crippen LogP contribution in [0.15, 0.2) is 46.9 Å². The number of rotatable bonds is 5. The van der Waals surface area contributed by atoms with E-state index >= 15 is 0 Å². The molecule has 2 aromatic rings. The van der Waals surface area contributed by atoms with Crippen molar-refractivity contribution in [3.8, 4) is 0 Å². The second-order valence-corrected chi connectivity index (χ2v) is 5.89. The van der Waals surface area contributed by atoms with Crippen LogP contribution in [0.3, 0.4) is 0 Å². The van der Waals surface area contributed by atoms with E-state index in [4.69, 9.17) is 0 Å². The van der Waals surface area contributed by atoms with Crippen LogP contribution in [0.4, 0.5) is 8.78 Å². The molecule has 21 heavy (non-hydrogen) atoms. The van der Waals surface area contributed by atoms with Crippen molar-refractivity contribution in [3.05, 3.63) is 69.7 Å². The molecule has 0 heterocycles. The van der Waals surface area contributed by atoms with Crippen LogP contribution in [0.5, 0.6) is 0 Å². The molecule has 0 saturated heterocycles. The van der Waals surface area contributed by atoms with Crippen LogP contribution in [-0.2, 0) is 11.8 Å². The van der Waals surface area contributed by atoms with Gasteiger partial charge in [-0.15, -0.1) is 0 Å². The lowest BCUT2D eigenvalue weighted by atomic mass is 9.77. The topological polar surface area (TPSA) is 40.5 Å². The molecule has 0 spiro atoms. The van der Waals surface area contributed by atoms with Crippen molar-refractivity contribution in [2.75, 3.05) is 13.2 Å². The van der Waals surface area contributed by atoms with E-state index in [0.29, 0.717) is 10.0 Å². The van der Waals surface area contributed by atoms with Crippen molar-refractivity contribution in [1.82, 2.24) is 0 Å². The van der Waals surface area contributed by atoms with Gasteiger partial charge in [-0.25, -0.2) is 8.78 Å². The van der Waals surface area contributed by atoms with Gasteiger partial charge in [-0.2, -0.15) is 0 Å². The Balaban J connectivity index is 2.40. The summed E-state index contributed by atoms with van der Waals surface area (Å²) in [5.41, 5.74) is 0.225. The third kappa shape index (κ3) is 3.48. The maximum absolute atomic E-state index is 13.4. The highest BCUT2D eigenvalue weighted by atomic mass is 79.9. The quantitative estimate of drug-likeness (QED) is 0.863. The molecule has 2 nitrogen and oxygen atoms in total. The van der Waals surface area contributed by atoms with Gasteiger partial charge in [0.05, 0.1) is 17.7 Å². The molecule has 0 atom stereocenters. The van der Waals surface area contributed by atoms with Crippen molar-refractivity contribution >= 4 is 15.9 Å². The average molecular weight is 357 g/mol. The van der Waals surface area contributed by atoms with E-state index in [1.807, 2.05) is 0 Å². The third-order valence-electron chi connectivity index (χ3n) is 3.57. The lowest BCUT2D eigenvalue weighted by Crippen LogP contribution is -2.37. The molecule has 0 unspecified atom stereocenters. The van der Waals surface area contributed by atoms with Crippen molar-refractivity contribution in [3.63, 3.8) is 0 Å². The van der Waals surface area contributed by atoms with Gasteiger partial charge in [-0.1, -0.05) is 18.2 Å². The molecule has 0 bridgehead atoms. The predicted molar refractivity (Wildman–Crippen MR) is 80.1 cm³/mol. The molecule has 0 aliphatic carbocycles. The molecule has 0 fully saturated rings. The van der Waals surface area contributed by atoms with Gasteiger partial charge >= 0.3 is 0 Å². The van der Waals surface area contributed by atoms with Gasteiger partial charge in [-0.3, -0.25) is 0 Å². The van der Waals surface area contributed by atoms with Gasteiger partial charge in [0.1, 0.15) is 11.6 Å². The molecular weight excluding hydrogens is 342 g/mol. The smallest absolute Gasteiger partial charge is 0.137 e. The summed E-state index contributed by atoms with van der Waals surface area (Å²) in [4.78, 5) is 0. The Morgan fingerprint density at radius 2 is 1.71 bits per heavy atom. The molecule has 0 aromatic heterocycles. The first-order valence-electron chi connectivity index (χ1n) is 6.42. The fraction of sp³-hybridized carbons (Fsp3) is 0.250. The predicted octanol–water partition coefficient (Wildman–Crippen LogP) is 3.19. The SMILES string of the molecule is OCC(CO)(Cc1ccc(F)c(Br)c1)c1cccc(F)c1. The fourth-order valence-electron chi connectivity index (χ4n) is 2.31. The zero-order valence-electron chi connectivity index (χ0n) is 11.2. The molecule has 2 rings (SSSR count). The van der Waals surface area contributed by atoms with E-state index < -0.39 is 11.2 Å². The van der Waals surface area contributed by atoms with E-state index in [-0.39, 0.29) is 25.5 Å². The Hall–Kier alpha value is -1.30. The standard InChI is InChI=1S/C16H15BrF2O2/c17-14-6-11(4-5-15(14)19)8-16(9-20,10-21)12-2-1-3-13(18)7-12/h1-7,20-21H,8-10H2. The minimum atomic E-state index is -1.01. The normalized spacial score (nSPS) is 11.7. The van der Waals surface area contributed by atoms with Crippen LogP contribution in [0, 0.1) is 11.6 Å². The Morgan fingerprint density at radius 3 is 2.29 bits per heavy atom. The Bertz CT molecular complexity index is 627. The molecular formula is C16H15BrF2O2. The summed E-state index contributed by atoms with van der Waals surface area (Å²) in [5, 5.41) is 19.5. The van der Waals surface area contributed by atoms with Gasteiger partial charge in [0.2, 0.25) is 0 Å². The Labute approximate surface area is 130 Å². The minimum Gasteiger partial charge on any atom is -0.395 e. The van der Waals surface area contributed by atoms with Crippen LogP contribution in [0.2, 0.25) is 0 Å². The summed E-state index contributed by atoms with van der Waals surface area (Å²) >= 11 is 3.11. The summed E-state index contributed by atoms with van der Waals surface area (Å²) < 4.78 is 27.0. The largest absolute Gasteiger partial charge is 0.395 e. The Kier molecular flexibility index (Phi) is 5.08. The summed E-state index contributed by atoms with van der Waals surface area (Å²) in [6.45, 7) is -0.691. The van der Waals surface area contributed by atoms with E-state index in [1.165, 1.54) is 24.3 Å². The zero-order chi connectivity index (χ0) is 15.5. The van der Waals surface area contributed by atoms with E-state index in [0.717, 1.165) is 5.56 Å². The molecule has 2 aromatic carbocycles. The van der Waals surface area contributed by atoms with Gasteiger partial charge < -0.3 is 10.2 Å². The molecule has 0 amide bonds. The maximum atomic E-state index is 13.4. The monoisotopic (exact) mass is 356 g/mol. The molecule has 0 radical (unpaired) electrons. The lowest BCUT2D eigenvalue weighted by Gasteiger charge is -2.30. The second kappa shape index (κ2) is 6.64. The number of hydrogen-bond acceptors (Lipinski definition) is 2. The lowest BCUT2D eigenvalue weighted by molar-refractivity contribution is 0.116. The van der Waals surface area contributed by atoms with Gasteiger partial charge in [-0.05, 0) is 57.7 Å². The number of aliphatic hydroxyl groups excluding tert-OH is 2. The van der Waals surface area contributed by atoms with Crippen LogP contribution in [0.1, 0.15) is 11.1 Å². The summed E-state index contributed by atoms with van der Waals surface area (Å²) in [6.07, 6.45) is 0.266. The highest BCUT2D eigenvalue weighted by Gasteiger charge is 2.32. The van der Waals surface area contributed by atoms with Crippen LogP contribution >= 0.6 is 15.9 Å².